The molecular weight excluding hydrogens is 439 g/mol. The van der Waals surface area contributed by atoms with Gasteiger partial charge in [-0.3, -0.25) is 14.4 Å². The number of hydrogen-bond donors (Lipinski definition) is 0. The zero-order chi connectivity index (χ0) is 23.7. The molecule has 0 N–H and O–H groups in total. The summed E-state index contributed by atoms with van der Waals surface area (Å²) in [5.41, 5.74) is 0.458. The molecule has 33 heavy (non-hydrogen) atoms. The van der Waals surface area contributed by atoms with Gasteiger partial charge in [0.05, 0.1) is 25.1 Å². The zero-order valence-electron chi connectivity index (χ0n) is 18.2. The number of carbonyl (C=O) groups is 2. The van der Waals surface area contributed by atoms with Crippen molar-refractivity contribution in [3.8, 4) is 0 Å². The average molecular weight is 463 g/mol. The summed E-state index contributed by atoms with van der Waals surface area (Å²) in [5, 5.41) is 1.06. The quantitative estimate of drug-likeness (QED) is 0.694. The van der Waals surface area contributed by atoms with Gasteiger partial charge in [-0.05, 0) is 24.1 Å². The Bertz CT molecular complexity index is 1030. The topological polar surface area (TPSA) is 78.9 Å². The van der Waals surface area contributed by atoms with Crippen molar-refractivity contribution in [3.63, 3.8) is 0 Å². The molecular formula is C22H24F3N5O3. The van der Waals surface area contributed by atoms with Crippen LogP contribution in [0.4, 0.5) is 19.0 Å². The third kappa shape index (κ3) is 4.77. The molecule has 0 spiro atoms. The lowest BCUT2D eigenvalue weighted by Gasteiger charge is -2.36. The summed E-state index contributed by atoms with van der Waals surface area (Å²) in [6.45, 7) is 0.417. The maximum atomic E-state index is 15.1. The molecule has 176 valence electrons. The number of amides is 2. The smallest absolute Gasteiger partial charge is 0.272 e. The minimum absolute atomic E-state index is 0.101. The van der Waals surface area contributed by atoms with Crippen LogP contribution in [-0.4, -0.2) is 71.7 Å². The Balaban J connectivity index is 1.46. The molecule has 3 heterocycles. The highest BCUT2D eigenvalue weighted by molar-refractivity contribution is 5.92. The first-order valence-electron chi connectivity index (χ1n) is 10.6. The summed E-state index contributed by atoms with van der Waals surface area (Å²) in [7, 11) is 3.20. The summed E-state index contributed by atoms with van der Waals surface area (Å²) in [6, 6.07) is 3.87. The third-order valence-corrected chi connectivity index (χ3v) is 5.85. The predicted octanol–water partition coefficient (Wildman–Crippen LogP) is 2.53. The van der Waals surface area contributed by atoms with Gasteiger partial charge in [0.1, 0.15) is 35.6 Å². The molecule has 0 radical (unpaired) electrons. The highest BCUT2D eigenvalue weighted by atomic mass is 19.1. The number of hydroxylamine groups is 2. The number of carbonyl (C=O) groups excluding carboxylic acids is 2. The van der Waals surface area contributed by atoms with Crippen molar-refractivity contribution in [2.24, 2.45) is 5.92 Å². The number of anilines is 1. The van der Waals surface area contributed by atoms with Crippen molar-refractivity contribution < 1.29 is 27.6 Å². The second-order valence-corrected chi connectivity index (χ2v) is 8.32. The predicted molar refractivity (Wildman–Crippen MR) is 112 cm³/mol. The van der Waals surface area contributed by atoms with Gasteiger partial charge in [0.25, 0.3) is 11.8 Å². The van der Waals surface area contributed by atoms with E-state index in [1.807, 2.05) is 0 Å². The standard InChI is InChI=1S/C22H24F3N5O3/c1-28(2)22(32)18-10-20(27-12-26-18)29-5-3-16(17(25)11-29)21(31)30-19(4-6-33-30)13-7-14(23)9-15(24)8-13/h7-10,12,16-17,19H,3-6,11H2,1-2H3/t16-,17+,19-/m1/s1. The van der Waals surface area contributed by atoms with Crippen molar-refractivity contribution in [2.75, 3.05) is 38.7 Å². The van der Waals surface area contributed by atoms with Gasteiger partial charge in [-0.1, -0.05) is 0 Å². The van der Waals surface area contributed by atoms with E-state index in [0.717, 1.165) is 23.3 Å². The van der Waals surface area contributed by atoms with Crippen LogP contribution in [0.25, 0.3) is 0 Å². The molecule has 11 heteroatoms. The number of aromatic nitrogens is 2. The van der Waals surface area contributed by atoms with Gasteiger partial charge < -0.3 is 9.80 Å². The first-order valence-corrected chi connectivity index (χ1v) is 10.6. The Morgan fingerprint density at radius 2 is 1.82 bits per heavy atom. The Kier molecular flexibility index (Phi) is 6.50. The van der Waals surface area contributed by atoms with E-state index in [9.17, 15) is 18.4 Å². The minimum atomic E-state index is -1.52. The Morgan fingerprint density at radius 1 is 1.09 bits per heavy atom. The molecule has 2 saturated heterocycles. The molecule has 1 aromatic carbocycles. The summed E-state index contributed by atoms with van der Waals surface area (Å²) in [6.07, 6.45) is 0.263. The monoisotopic (exact) mass is 463 g/mol. The number of piperidine rings is 1. The molecule has 0 bridgehead atoms. The van der Waals surface area contributed by atoms with E-state index in [2.05, 4.69) is 9.97 Å². The summed E-state index contributed by atoms with van der Waals surface area (Å²) < 4.78 is 42.5. The fourth-order valence-electron chi connectivity index (χ4n) is 4.18. The van der Waals surface area contributed by atoms with Crippen LogP contribution in [0.2, 0.25) is 0 Å². The lowest BCUT2D eigenvalue weighted by molar-refractivity contribution is -0.184. The molecule has 4 rings (SSSR count). The first kappa shape index (κ1) is 23.0. The fourth-order valence-corrected chi connectivity index (χ4v) is 4.18. The van der Waals surface area contributed by atoms with E-state index in [1.54, 1.807) is 19.0 Å². The number of alkyl halides is 1. The molecule has 1 aromatic heterocycles. The molecule has 2 amide bonds. The van der Waals surface area contributed by atoms with E-state index in [4.69, 9.17) is 4.84 Å². The van der Waals surface area contributed by atoms with E-state index in [1.165, 1.54) is 17.3 Å². The van der Waals surface area contributed by atoms with Crippen molar-refractivity contribution >= 4 is 17.6 Å². The van der Waals surface area contributed by atoms with Crippen LogP contribution in [0.15, 0.2) is 30.6 Å². The van der Waals surface area contributed by atoms with E-state index in [0.29, 0.717) is 18.8 Å². The van der Waals surface area contributed by atoms with Gasteiger partial charge in [0, 0.05) is 39.2 Å². The molecule has 2 aliphatic rings. The van der Waals surface area contributed by atoms with Crippen LogP contribution in [-0.2, 0) is 9.63 Å². The Labute approximate surface area is 188 Å². The van der Waals surface area contributed by atoms with Gasteiger partial charge >= 0.3 is 0 Å². The van der Waals surface area contributed by atoms with E-state index >= 15 is 4.39 Å². The molecule has 0 saturated carbocycles. The van der Waals surface area contributed by atoms with Gasteiger partial charge in [0.15, 0.2) is 0 Å². The second-order valence-electron chi connectivity index (χ2n) is 8.32. The van der Waals surface area contributed by atoms with Gasteiger partial charge in [-0.25, -0.2) is 28.2 Å². The first-order chi connectivity index (χ1) is 15.7. The van der Waals surface area contributed by atoms with Gasteiger partial charge in [-0.15, -0.1) is 0 Å². The van der Waals surface area contributed by atoms with Crippen molar-refractivity contribution in [2.45, 2.75) is 25.1 Å². The second kappa shape index (κ2) is 9.34. The van der Waals surface area contributed by atoms with Gasteiger partial charge in [-0.2, -0.15) is 0 Å². The van der Waals surface area contributed by atoms with Crippen molar-refractivity contribution in [1.29, 1.82) is 0 Å². The van der Waals surface area contributed by atoms with E-state index < -0.39 is 35.7 Å². The highest BCUT2D eigenvalue weighted by Gasteiger charge is 2.42. The molecule has 2 aromatic rings. The SMILES string of the molecule is CN(C)C(=O)c1cc(N2CC[C@@H](C(=O)N3OCC[C@@H]3c3cc(F)cc(F)c3)[C@@H](F)C2)ncn1. The number of halogens is 3. The van der Waals surface area contributed by atoms with Crippen LogP contribution in [0.5, 0.6) is 0 Å². The molecule has 3 atom stereocenters. The van der Waals surface area contributed by atoms with E-state index in [-0.39, 0.29) is 36.7 Å². The van der Waals surface area contributed by atoms with Crippen LogP contribution in [0, 0.1) is 17.6 Å². The average Bonchev–Trinajstić information content (AvgIpc) is 3.27. The number of hydrogen-bond acceptors (Lipinski definition) is 6. The maximum absolute atomic E-state index is 15.1. The lowest BCUT2D eigenvalue weighted by Crippen LogP contribution is -2.49. The highest BCUT2D eigenvalue weighted by Crippen LogP contribution is 2.35. The molecule has 0 aliphatic carbocycles. The molecule has 2 aliphatic heterocycles. The number of nitrogens with zero attached hydrogens (tertiary/aromatic N) is 5. The number of rotatable bonds is 4. The Morgan fingerprint density at radius 3 is 2.48 bits per heavy atom. The number of benzene rings is 1. The van der Waals surface area contributed by atoms with Crippen molar-refractivity contribution in [1.82, 2.24) is 19.9 Å². The largest absolute Gasteiger partial charge is 0.354 e. The van der Waals surface area contributed by atoms with Crippen LogP contribution in [0.3, 0.4) is 0 Å². The van der Waals surface area contributed by atoms with Crippen molar-refractivity contribution in [3.05, 3.63) is 53.5 Å². The minimum Gasteiger partial charge on any atom is -0.354 e. The normalized spacial score (nSPS) is 23.0. The van der Waals surface area contributed by atoms with Gasteiger partial charge in [0.2, 0.25) is 0 Å². The third-order valence-electron chi connectivity index (χ3n) is 5.85. The lowest BCUT2D eigenvalue weighted by atomic mass is 9.92. The molecule has 2 fully saturated rings. The molecule has 8 nitrogen and oxygen atoms in total. The molecule has 0 unspecified atom stereocenters. The maximum Gasteiger partial charge on any atom is 0.272 e. The van der Waals surface area contributed by atoms with Crippen LogP contribution >= 0.6 is 0 Å². The fraction of sp³-hybridized carbons (Fsp3) is 0.455. The Hall–Kier alpha value is -3.21. The van der Waals surface area contributed by atoms with Crippen LogP contribution in [0.1, 0.15) is 34.9 Å². The van der Waals surface area contributed by atoms with Crippen LogP contribution < -0.4 is 4.90 Å². The summed E-state index contributed by atoms with van der Waals surface area (Å²) >= 11 is 0. The zero-order valence-corrected chi connectivity index (χ0v) is 18.2. The summed E-state index contributed by atoms with van der Waals surface area (Å²) in [4.78, 5) is 41.8. The summed E-state index contributed by atoms with van der Waals surface area (Å²) in [5.74, 6) is -2.93.